The number of benzene rings is 1. The van der Waals surface area contributed by atoms with E-state index in [9.17, 15) is 14.9 Å². The zero-order valence-corrected chi connectivity index (χ0v) is 22.3. The number of aryl methyl sites for hydroxylation is 1. The lowest BCUT2D eigenvalue weighted by Crippen LogP contribution is -2.38. The molecule has 1 atom stereocenters. The van der Waals surface area contributed by atoms with Gasteiger partial charge in [0.15, 0.2) is 10.1 Å². The number of rotatable bonds is 7. The largest absolute Gasteiger partial charge is 0.495 e. The molecule has 3 N–H and O–H groups in total. The molecule has 3 aromatic rings. The van der Waals surface area contributed by atoms with Gasteiger partial charge in [0.2, 0.25) is 11.0 Å². The van der Waals surface area contributed by atoms with Crippen LogP contribution in [0.15, 0.2) is 67.8 Å². The molecule has 1 amide bonds. The zero-order chi connectivity index (χ0) is 26.8. The van der Waals surface area contributed by atoms with Gasteiger partial charge in [-0.15, -0.1) is 10.2 Å². The first-order chi connectivity index (χ1) is 18.4. The van der Waals surface area contributed by atoms with E-state index in [1.807, 2.05) is 19.1 Å². The number of carbonyl (C=O) groups is 2. The van der Waals surface area contributed by atoms with Crippen LogP contribution in [0.3, 0.4) is 0 Å². The van der Waals surface area contributed by atoms with Crippen molar-refractivity contribution in [3.8, 4) is 11.8 Å². The van der Waals surface area contributed by atoms with Gasteiger partial charge in [-0.1, -0.05) is 35.2 Å². The first-order valence-corrected chi connectivity index (χ1v) is 13.6. The van der Waals surface area contributed by atoms with Crippen LogP contribution in [0.5, 0.6) is 5.75 Å². The maximum Gasteiger partial charge on any atom is 0.234 e. The number of ether oxygens (including phenoxy) is 1. The van der Waals surface area contributed by atoms with Crippen molar-refractivity contribution in [3.05, 3.63) is 70.6 Å². The molecule has 194 valence electrons. The van der Waals surface area contributed by atoms with Gasteiger partial charge >= 0.3 is 0 Å². The molecule has 1 aliphatic heterocycles. The number of anilines is 2. The van der Waals surface area contributed by atoms with Crippen LogP contribution in [0.1, 0.15) is 36.7 Å². The molecule has 0 saturated heterocycles. The van der Waals surface area contributed by atoms with E-state index in [4.69, 9.17) is 14.9 Å². The number of ketones is 1. The van der Waals surface area contributed by atoms with Gasteiger partial charge in [0, 0.05) is 17.7 Å². The Morgan fingerprint density at radius 3 is 2.87 bits per heavy atom. The van der Waals surface area contributed by atoms with E-state index >= 15 is 0 Å². The third kappa shape index (κ3) is 4.78. The molecule has 1 aromatic carbocycles. The Morgan fingerprint density at radius 1 is 1.32 bits per heavy atom. The van der Waals surface area contributed by atoms with Crippen molar-refractivity contribution in [1.29, 1.82) is 5.26 Å². The summed E-state index contributed by atoms with van der Waals surface area (Å²) in [5, 5.41) is 21.9. The maximum atomic E-state index is 13.2. The van der Waals surface area contributed by atoms with E-state index in [2.05, 4.69) is 21.6 Å². The van der Waals surface area contributed by atoms with Crippen molar-refractivity contribution in [1.82, 2.24) is 10.2 Å². The highest BCUT2D eigenvalue weighted by Crippen LogP contribution is 2.47. The molecule has 12 heteroatoms. The van der Waals surface area contributed by atoms with Crippen molar-refractivity contribution in [2.75, 3.05) is 23.1 Å². The molecule has 0 saturated carbocycles. The summed E-state index contributed by atoms with van der Waals surface area (Å²) in [6, 6.07) is 12.9. The molecule has 2 aromatic heterocycles. The minimum Gasteiger partial charge on any atom is -0.495 e. The second-order valence-corrected chi connectivity index (χ2v) is 10.8. The number of nitrogens with two attached hydrogens (primary N) is 1. The van der Waals surface area contributed by atoms with E-state index in [0.29, 0.717) is 63.0 Å². The maximum absolute atomic E-state index is 13.2. The summed E-state index contributed by atoms with van der Waals surface area (Å²) < 4.78 is 11.7. The molecule has 2 aliphatic rings. The monoisotopic (exact) mass is 548 g/mol. The molecule has 0 bridgehead atoms. The summed E-state index contributed by atoms with van der Waals surface area (Å²) >= 11 is 2.47. The van der Waals surface area contributed by atoms with Crippen LogP contribution in [0.25, 0.3) is 0 Å². The molecule has 5 rings (SSSR count). The number of hydrogen-bond acceptors (Lipinski definition) is 11. The van der Waals surface area contributed by atoms with E-state index in [0.717, 1.165) is 0 Å². The molecular weight excluding hydrogens is 524 g/mol. The van der Waals surface area contributed by atoms with Gasteiger partial charge in [-0.2, -0.15) is 5.26 Å². The topological polar surface area (TPSA) is 147 Å². The third-order valence-corrected chi connectivity index (χ3v) is 8.30. The van der Waals surface area contributed by atoms with Crippen molar-refractivity contribution in [2.45, 2.75) is 36.4 Å². The number of thioether (sulfide) groups is 1. The lowest BCUT2D eigenvalue weighted by molar-refractivity contribution is -0.116. The molecular formula is C26H24N6O4S2. The van der Waals surface area contributed by atoms with Gasteiger partial charge in [-0.05, 0) is 44.0 Å². The fourth-order valence-corrected chi connectivity index (χ4v) is 6.29. The van der Waals surface area contributed by atoms with E-state index in [1.165, 1.54) is 23.1 Å². The number of para-hydroxylation sites is 2. The Bertz CT molecular complexity index is 1520. The Balaban J connectivity index is 1.40. The highest BCUT2D eigenvalue weighted by Gasteiger charge is 2.42. The minimum absolute atomic E-state index is 0.0392. The number of allylic oxidation sites excluding steroid dienone is 3. The van der Waals surface area contributed by atoms with Crippen LogP contribution in [0.2, 0.25) is 0 Å². The number of nitriles is 1. The molecule has 1 aliphatic carbocycles. The molecule has 10 nitrogen and oxygen atoms in total. The highest BCUT2D eigenvalue weighted by molar-refractivity contribution is 8.01. The lowest BCUT2D eigenvalue weighted by atomic mass is 9.78. The molecule has 3 heterocycles. The summed E-state index contributed by atoms with van der Waals surface area (Å²) in [4.78, 5) is 27.3. The number of aromatic nitrogens is 2. The van der Waals surface area contributed by atoms with Gasteiger partial charge in [0.25, 0.3) is 0 Å². The first-order valence-electron chi connectivity index (χ1n) is 11.8. The Hall–Kier alpha value is -4.08. The minimum atomic E-state index is -0.659. The Labute approximate surface area is 227 Å². The molecule has 0 radical (unpaired) electrons. The van der Waals surface area contributed by atoms with Gasteiger partial charge in [-0.25, -0.2) is 0 Å². The SMILES string of the molecule is COc1ccccc1NC(=O)CSc1nnc(N2C(N)=C(C#N)C(c3ccc(C)o3)C3=C2CCCC3=O)s1. The second-order valence-electron chi connectivity index (χ2n) is 8.65. The van der Waals surface area contributed by atoms with Crippen LogP contribution >= 0.6 is 23.1 Å². The number of amides is 1. The standard InChI is InChI=1S/C26H24N6O4S2/c1-14-10-11-20(36-14)22-15(12-27)24(28)32(17-7-5-8-18(33)23(17)22)25-30-31-26(38-25)37-13-21(34)29-16-6-3-4-9-19(16)35-2/h3-4,6,9-11,22H,5,7-8,13,28H2,1-2H3,(H,29,34). The number of hydrogen-bond donors (Lipinski definition) is 2. The highest BCUT2D eigenvalue weighted by atomic mass is 32.2. The fraction of sp³-hybridized carbons (Fsp3) is 0.269. The predicted molar refractivity (Wildman–Crippen MR) is 144 cm³/mol. The number of methoxy groups -OCH3 is 1. The van der Waals surface area contributed by atoms with Crippen molar-refractivity contribution < 1.29 is 18.7 Å². The Morgan fingerprint density at radius 2 is 2.13 bits per heavy atom. The Kier molecular flexibility index (Phi) is 7.22. The number of carbonyl (C=O) groups excluding carboxylic acids is 2. The normalized spacial score (nSPS) is 17.3. The smallest absolute Gasteiger partial charge is 0.234 e. The fourth-order valence-electron chi connectivity index (χ4n) is 4.61. The van der Waals surface area contributed by atoms with Crippen LogP contribution in [0.4, 0.5) is 10.8 Å². The van der Waals surface area contributed by atoms with Crippen LogP contribution < -0.4 is 20.7 Å². The number of Topliss-reactive ketones (excluding diaryl/α,β-unsaturated/α-hetero) is 1. The van der Waals surface area contributed by atoms with Crippen LogP contribution in [-0.2, 0) is 9.59 Å². The second kappa shape index (κ2) is 10.7. The number of nitrogens with one attached hydrogen (secondary N) is 1. The molecule has 0 spiro atoms. The van der Waals surface area contributed by atoms with Crippen molar-refractivity contribution in [2.24, 2.45) is 5.73 Å². The van der Waals surface area contributed by atoms with Crippen LogP contribution in [-0.4, -0.2) is 34.8 Å². The van der Waals surface area contributed by atoms with Crippen molar-refractivity contribution in [3.63, 3.8) is 0 Å². The van der Waals surface area contributed by atoms with Gasteiger partial charge in [0.1, 0.15) is 23.1 Å². The van der Waals surface area contributed by atoms with Gasteiger partial charge in [0.05, 0.1) is 36.1 Å². The van der Waals surface area contributed by atoms with Gasteiger partial charge < -0.3 is 20.2 Å². The summed E-state index contributed by atoms with van der Waals surface area (Å²) in [6.07, 6.45) is 1.65. The third-order valence-electron chi connectivity index (χ3n) is 6.25. The van der Waals surface area contributed by atoms with Crippen molar-refractivity contribution >= 4 is 45.6 Å². The molecule has 0 fully saturated rings. The number of furan rings is 1. The van der Waals surface area contributed by atoms with E-state index < -0.39 is 5.92 Å². The zero-order valence-electron chi connectivity index (χ0n) is 20.7. The average Bonchev–Trinajstić information content (AvgIpc) is 3.56. The molecule has 38 heavy (non-hydrogen) atoms. The predicted octanol–water partition coefficient (Wildman–Crippen LogP) is 4.48. The summed E-state index contributed by atoms with van der Waals surface area (Å²) in [6.45, 7) is 1.81. The van der Waals surface area contributed by atoms with E-state index in [1.54, 1.807) is 36.3 Å². The molecule has 1 unspecified atom stereocenters. The summed E-state index contributed by atoms with van der Waals surface area (Å²) in [7, 11) is 1.54. The first kappa shape index (κ1) is 25.6. The lowest BCUT2D eigenvalue weighted by Gasteiger charge is -2.37. The van der Waals surface area contributed by atoms with E-state index in [-0.39, 0.29) is 28.8 Å². The summed E-state index contributed by atoms with van der Waals surface area (Å²) in [5.41, 5.74) is 8.58. The van der Waals surface area contributed by atoms with Crippen LogP contribution in [0, 0.1) is 18.3 Å². The summed E-state index contributed by atoms with van der Waals surface area (Å²) in [5.74, 6) is 1.15. The van der Waals surface area contributed by atoms with Gasteiger partial charge in [-0.3, -0.25) is 14.5 Å². The average molecular weight is 549 g/mol. The quantitative estimate of drug-likeness (QED) is 0.405. The number of nitrogens with zero attached hydrogens (tertiary/aromatic N) is 4.